The maximum Gasteiger partial charge on any atom is 0.128 e. The van der Waals surface area contributed by atoms with Crippen molar-refractivity contribution in [3.05, 3.63) is 23.0 Å². The molecule has 1 unspecified atom stereocenters. The Morgan fingerprint density at radius 2 is 2.13 bits per heavy atom. The fourth-order valence-electron chi connectivity index (χ4n) is 1.49. The number of aliphatic imine (C=N–C) groups is 1. The minimum Gasteiger partial charge on any atom is -0.382 e. The van der Waals surface area contributed by atoms with E-state index < -0.39 is 6.10 Å². The Morgan fingerprint density at radius 3 is 2.73 bits per heavy atom. The van der Waals surface area contributed by atoms with Gasteiger partial charge >= 0.3 is 0 Å². The highest BCUT2D eigenvalue weighted by molar-refractivity contribution is 6.06. The second-order valence-corrected chi connectivity index (χ2v) is 3.88. The zero-order chi connectivity index (χ0) is 11.4. The smallest absolute Gasteiger partial charge is 0.128 e. The van der Waals surface area contributed by atoms with E-state index in [4.69, 9.17) is 0 Å². The summed E-state index contributed by atoms with van der Waals surface area (Å²) in [7, 11) is 0. The van der Waals surface area contributed by atoms with Crippen LogP contribution in [-0.2, 0) is 0 Å². The normalized spacial score (nSPS) is 24.7. The van der Waals surface area contributed by atoms with Gasteiger partial charge in [0.05, 0.1) is 5.71 Å². The minimum atomic E-state index is -0.735. The van der Waals surface area contributed by atoms with Gasteiger partial charge in [0.1, 0.15) is 11.9 Å². The number of rotatable bonds is 3. The third-order valence-corrected chi connectivity index (χ3v) is 2.58. The molecule has 0 amide bonds. The number of aliphatic hydroxyl groups is 1. The lowest BCUT2D eigenvalue weighted by atomic mass is 9.94. The fourth-order valence-corrected chi connectivity index (χ4v) is 1.49. The van der Waals surface area contributed by atoms with Crippen LogP contribution in [0.2, 0.25) is 0 Å². The van der Waals surface area contributed by atoms with Crippen LogP contribution in [0.4, 0.5) is 4.39 Å². The number of hydrogen-bond donors (Lipinski definition) is 1. The fraction of sp³-hybridized carbons (Fsp3) is 0.583. The monoisotopic (exact) mass is 211 g/mol. The van der Waals surface area contributed by atoms with E-state index in [0.717, 1.165) is 12.8 Å². The predicted molar refractivity (Wildman–Crippen MR) is 60.8 cm³/mol. The van der Waals surface area contributed by atoms with E-state index in [0.29, 0.717) is 23.4 Å². The molecule has 1 N–H and O–H groups in total. The lowest BCUT2D eigenvalue weighted by Crippen LogP contribution is -2.26. The van der Waals surface area contributed by atoms with E-state index in [9.17, 15) is 9.50 Å². The summed E-state index contributed by atoms with van der Waals surface area (Å²) in [5.74, 6) is -0.284. The third kappa shape index (κ3) is 2.75. The van der Waals surface area contributed by atoms with Crippen LogP contribution in [0, 0.1) is 0 Å². The van der Waals surface area contributed by atoms with Gasteiger partial charge in [0.25, 0.3) is 0 Å². The van der Waals surface area contributed by atoms with Crippen molar-refractivity contribution in [2.24, 2.45) is 4.99 Å². The standard InChI is InChI=1S/C12H18FNO/c1-4-5-6-14-11-9(3)10(13)7-8(2)12(11)15/h7,12,15H,4-6H2,1-3H3. The maximum atomic E-state index is 13.4. The number of allylic oxidation sites excluding steroid dienone is 2. The molecular weight excluding hydrogens is 193 g/mol. The Bertz CT molecular complexity index is 329. The molecule has 1 aliphatic carbocycles. The molecule has 0 radical (unpaired) electrons. The van der Waals surface area contributed by atoms with Gasteiger partial charge in [-0.15, -0.1) is 0 Å². The summed E-state index contributed by atoms with van der Waals surface area (Å²) in [6.07, 6.45) is 2.65. The molecule has 3 heteroatoms. The van der Waals surface area contributed by atoms with Gasteiger partial charge in [-0.25, -0.2) is 4.39 Å². The Kier molecular flexibility index (Phi) is 4.21. The Hall–Kier alpha value is -0.960. The minimum absolute atomic E-state index is 0.284. The van der Waals surface area contributed by atoms with E-state index in [1.165, 1.54) is 6.08 Å². The molecule has 0 heterocycles. The van der Waals surface area contributed by atoms with Gasteiger partial charge in [-0.1, -0.05) is 13.3 Å². The van der Waals surface area contributed by atoms with Crippen molar-refractivity contribution in [2.75, 3.05) is 6.54 Å². The molecule has 1 rings (SSSR count). The van der Waals surface area contributed by atoms with Crippen molar-refractivity contribution in [3.8, 4) is 0 Å². The number of halogens is 1. The molecule has 15 heavy (non-hydrogen) atoms. The summed E-state index contributed by atoms with van der Waals surface area (Å²) in [6, 6.07) is 0. The van der Waals surface area contributed by atoms with Crippen LogP contribution < -0.4 is 0 Å². The lowest BCUT2D eigenvalue weighted by Gasteiger charge is -2.20. The van der Waals surface area contributed by atoms with Gasteiger partial charge < -0.3 is 5.11 Å². The molecule has 2 nitrogen and oxygen atoms in total. The van der Waals surface area contributed by atoms with Crippen LogP contribution in [0.15, 0.2) is 28.0 Å². The first-order valence-corrected chi connectivity index (χ1v) is 5.35. The summed E-state index contributed by atoms with van der Waals surface area (Å²) in [4.78, 5) is 4.26. The lowest BCUT2D eigenvalue weighted by molar-refractivity contribution is 0.274. The van der Waals surface area contributed by atoms with Crippen molar-refractivity contribution >= 4 is 5.71 Å². The molecule has 0 spiro atoms. The molecule has 0 aliphatic heterocycles. The van der Waals surface area contributed by atoms with Crippen LogP contribution in [0.5, 0.6) is 0 Å². The van der Waals surface area contributed by atoms with Crippen LogP contribution in [0.3, 0.4) is 0 Å². The van der Waals surface area contributed by atoms with Gasteiger partial charge in [-0.2, -0.15) is 0 Å². The van der Waals surface area contributed by atoms with Crippen molar-refractivity contribution in [1.29, 1.82) is 0 Å². The molecule has 0 saturated heterocycles. The van der Waals surface area contributed by atoms with Crippen molar-refractivity contribution < 1.29 is 9.50 Å². The van der Waals surface area contributed by atoms with Crippen LogP contribution in [-0.4, -0.2) is 23.5 Å². The largest absolute Gasteiger partial charge is 0.382 e. The molecule has 84 valence electrons. The highest BCUT2D eigenvalue weighted by atomic mass is 19.1. The zero-order valence-corrected chi connectivity index (χ0v) is 9.55. The number of aliphatic hydroxyl groups excluding tert-OH is 1. The quantitative estimate of drug-likeness (QED) is 0.715. The van der Waals surface area contributed by atoms with Crippen LogP contribution in [0.1, 0.15) is 33.6 Å². The molecule has 1 atom stereocenters. The summed E-state index contributed by atoms with van der Waals surface area (Å²) in [6.45, 7) is 6.10. The van der Waals surface area contributed by atoms with E-state index >= 15 is 0 Å². The van der Waals surface area contributed by atoms with Crippen LogP contribution >= 0.6 is 0 Å². The molecule has 0 aromatic rings. The summed E-state index contributed by atoms with van der Waals surface area (Å²) in [5, 5.41) is 9.83. The van der Waals surface area contributed by atoms with Gasteiger partial charge in [-0.05, 0) is 31.9 Å². The Labute approximate surface area is 90.2 Å². The van der Waals surface area contributed by atoms with E-state index in [2.05, 4.69) is 11.9 Å². The molecule has 0 aromatic heterocycles. The highest BCUT2D eigenvalue weighted by Gasteiger charge is 2.23. The summed E-state index contributed by atoms with van der Waals surface area (Å²) >= 11 is 0. The first-order chi connectivity index (χ1) is 7.07. The molecule has 0 aromatic carbocycles. The predicted octanol–water partition coefficient (Wildman–Crippen LogP) is 2.79. The second kappa shape index (κ2) is 5.21. The second-order valence-electron chi connectivity index (χ2n) is 3.88. The SMILES string of the molecule is CCCCN=C1C(C)=C(F)C=C(C)C1O. The third-order valence-electron chi connectivity index (χ3n) is 2.58. The summed E-state index contributed by atoms with van der Waals surface area (Å²) < 4.78 is 13.4. The average Bonchev–Trinajstić information content (AvgIpc) is 2.20. The maximum absolute atomic E-state index is 13.4. The summed E-state index contributed by atoms with van der Waals surface area (Å²) in [5.41, 5.74) is 1.57. The zero-order valence-electron chi connectivity index (χ0n) is 9.55. The first-order valence-electron chi connectivity index (χ1n) is 5.35. The van der Waals surface area contributed by atoms with E-state index in [1.807, 2.05) is 0 Å². The Morgan fingerprint density at radius 1 is 1.47 bits per heavy atom. The Balaban J connectivity index is 2.88. The molecule has 0 saturated carbocycles. The molecule has 0 bridgehead atoms. The molecule has 1 aliphatic rings. The number of nitrogens with zero attached hydrogens (tertiary/aromatic N) is 1. The highest BCUT2D eigenvalue weighted by Crippen LogP contribution is 2.23. The van der Waals surface area contributed by atoms with Crippen molar-refractivity contribution in [2.45, 2.75) is 39.7 Å². The number of unbranched alkanes of at least 4 members (excludes halogenated alkanes) is 1. The van der Waals surface area contributed by atoms with Crippen LogP contribution in [0.25, 0.3) is 0 Å². The van der Waals surface area contributed by atoms with E-state index in [1.54, 1.807) is 13.8 Å². The van der Waals surface area contributed by atoms with Gasteiger partial charge in [0.2, 0.25) is 0 Å². The van der Waals surface area contributed by atoms with Crippen molar-refractivity contribution in [1.82, 2.24) is 0 Å². The van der Waals surface area contributed by atoms with Gasteiger partial charge in [-0.3, -0.25) is 4.99 Å². The molecular formula is C12H18FNO. The average molecular weight is 211 g/mol. The topological polar surface area (TPSA) is 32.6 Å². The first kappa shape index (κ1) is 12.1. The van der Waals surface area contributed by atoms with Gasteiger partial charge in [0.15, 0.2) is 0 Å². The molecule has 0 fully saturated rings. The van der Waals surface area contributed by atoms with Crippen molar-refractivity contribution in [3.63, 3.8) is 0 Å². The van der Waals surface area contributed by atoms with Gasteiger partial charge in [0, 0.05) is 12.1 Å². The van der Waals surface area contributed by atoms with E-state index in [-0.39, 0.29) is 5.83 Å². The number of hydrogen-bond acceptors (Lipinski definition) is 2.